The van der Waals surface area contributed by atoms with Crippen LogP contribution in [0.5, 0.6) is 0 Å². The van der Waals surface area contributed by atoms with Gasteiger partial charge in [-0.25, -0.2) is 0 Å². The van der Waals surface area contributed by atoms with Gasteiger partial charge in [0, 0.05) is 0 Å². The molecule has 0 aliphatic rings. The van der Waals surface area contributed by atoms with E-state index in [2.05, 4.69) is 51.1 Å². The molecule has 0 fully saturated rings. The van der Waals surface area contributed by atoms with E-state index in [1.165, 1.54) is 5.56 Å². The summed E-state index contributed by atoms with van der Waals surface area (Å²) in [6.45, 7) is 6.67. The molecule has 0 nitrogen and oxygen atoms in total. The Kier molecular flexibility index (Phi) is 3.67. The van der Waals surface area contributed by atoms with Crippen LogP contribution in [-0.4, -0.2) is 0 Å². The third-order valence-electron chi connectivity index (χ3n) is 1.64. The zero-order chi connectivity index (χ0) is 7.61. The van der Waals surface area contributed by atoms with Crippen molar-refractivity contribution in [3.63, 3.8) is 0 Å². The first-order valence-corrected chi connectivity index (χ1v) is 3.66. The third kappa shape index (κ3) is 2.98. The minimum atomic E-state index is 0. The summed E-state index contributed by atoms with van der Waals surface area (Å²) in [5.41, 5.74) is 1.69. The second kappa shape index (κ2) is 3.82. The number of benzene rings is 1. The van der Waals surface area contributed by atoms with Gasteiger partial charge in [0.15, 0.2) is 0 Å². The topological polar surface area (TPSA) is 0 Å². The van der Waals surface area contributed by atoms with Gasteiger partial charge in [-0.05, 0) is 11.0 Å². The van der Waals surface area contributed by atoms with Gasteiger partial charge in [0.05, 0.1) is 0 Å². The Labute approximate surface area is 76.1 Å². The lowest BCUT2D eigenvalue weighted by molar-refractivity contribution is 0.590. The lowest BCUT2D eigenvalue weighted by atomic mass is 9.87. The fraction of sp³-hybridized carbons (Fsp3) is 0.400. The summed E-state index contributed by atoms with van der Waals surface area (Å²) in [5.74, 6) is 0. The molecule has 62 valence electrons. The summed E-state index contributed by atoms with van der Waals surface area (Å²) < 4.78 is 0. The smallest absolute Gasteiger partial charge is 0.0132 e. The van der Waals surface area contributed by atoms with Crippen molar-refractivity contribution in [3.8, 4) is 0 Å². The maximum absolute atomic E-state index is 2.22. The van der Waals surface area contributed by atoms with Crippen LogP contribution in [-0.2, 0) is 5.41 Å². The fourth-order valence-electron chi connectivity index (χ4n) is 0.938. The molecule has 0 N–H and O–H groups in total. The minimum absolute atomic E-state index is 0. The van der Waals surface area contributed by atoms with Crippen LogP contribution in [0.15, 0.2) is 30.3 Å². The van der Waals surface area contributed by atoms with Crippen molar-refractivity contribution in [2.45, 2.75) is 26.2 Å². The van der Waals surface area contributed by atoms with E-state index in [0.29, 0.717) is 5.41 Å². The number of rotatable bonds is 0. The van der Waals surface area contributed by atoms with Gasteiger partial charge >= 0.3 is 0 Å². The molecule has 11 heavy (non-hydrogen) atoms. The Hall–Kier alpha value is -0.430. The third-order valence-corrected chi connectivity index (χ3v) is 1.64. The molecule has 0 amide bonds. The number of hydrogen-bond acceptors (Lipinski definition) is 0. The molecule has 0 unspecified atom stereocenters. The monoisotopic (exact) mass is 168 g/mol. The summed E-state index contributed by atoms with van der Waals surface area (Å²) in [6.07, 6.45) is 0. The van der Waals surface area contributed by atoms with Gasteiger partial charge in [0.1, 0.15) is 0 Å². The van der Waals surface area contributed by atoms with Crippen LogP contribution in [0.2, 0.25) is 0 Å². The normalized spacial score (nSPS) is 10.5. The molecule has 0 radical (unpaired) electrons. The van der Waals surface area contributed by atoms with Crippen LogP contribution < -0.4 is 0 Å². The van der Waals surface area contributed by atoms with E-state index < -0.39 is 0 Å². The molecular weight excluding hydrogens is 152 g/mol. The van der Waals surface area contributed by atoms with Gasteiger partial charge in [-0.3, -0.25) is 0 Å². The van der Waals surface area contributed by atoms with Crippen molar-refractivity contribution in [2.24, 2.45) is 0 Å². The largest absolute Gasteiger partial charge is 0.197 e. The highest BCUT2D eigenvalue weighted by molar-refractivity contribution is 7.59. The van der Waals surface area contributed by atoms with Gasteiger partial charge < -0.3 is 0 Å². The van der Waals surface area contributed by atoms with E-state index in [0.717, 1.165) is 0 Å². The standard InChI is InChI=1S/C10H14.H2S/c1-10(2,3)9-7-5-4-6-8-9;/h4-8H,1-3H3;1H2. The van der Waals surface area contributed by atoms with Crippen LogP contribution in [0.3, 0.4) is 0 Å². The Balaban J connectivity index is 0.000001000. The predicted octanol–water partition coefficient (Wildman–Crippen LogP) is 3.10. The molecule has 0 aliphatic heterocycles. The van der Waals surface area contributed by atoms with E-state index in [1.54, 1.807) is 0 Å². The van der Waals surface area contributed by atoms with E-state index >= 15 is 0 Å². The van der Waals surface area contributed by atoms with Crippen LogP contribution in [0, 0.1) is 0 Å². The molecule has 0 saturated carbocycles. The molecule has 0 atom stereocenters. The first-order chi connectivity index (χ1) is 4.61. The van der Waals surface area contributed by atoms with Gasteiger partial charge in [-0.1, -0.05) is 51.1 Å². The Bertz CT molecular complexity index is 196. The van der Waals surface area contributed by atoms with E-state index in [9.17, 15) is 0 Å². The number of hydrogen-bond donors (Lipinski definition) is 0. The second-order valence-corrected chi connectivity index (χ2v) is 3.62. The van der Waals surface area contributed by atoms with Crippen molar-refractivity contribution in [1.29, 1.82) is 0 Å². The van der Waals surface area contributed by atoms with Crippen molar-refractivity contribution in [3.05, 3.63) is 35.9 Å². The predicted molar refractivity (Wildman–Crippen MR) is 55.5 cm³/mol. The van der Waals surface area contributed by atoms with Crippen molar-refractivity contribution >= 4 is 13.5 Å². The van der Waals surface area contributed by atoms with E-state index in [-0.39, 0.29) is 13.5 Å². The van der Waals surface area contributed by atoms with Gasteiger partial charge in [0.2, 0.25) is 0 Å². The first kappa shape index (κ1) is 10.6. The van der Waals surface area contributed by atoms with Crippen molar-refractivity contribution in [2.75, 3.05) is 0 Å². The summed E-state index contributed by atoms with van der Waals surface area (Å²) in [4.78, 5) is 0. The van der Waals surface area contributed by atoms with Crippen LogP contribution in [0.4, 0.5) is 0 Å². The Morgan fingerprint density at radius 3 is 1.64 bits per heavy atom. The molecule has 0 aromatic heterocycles. The zero-order valence-electron chi connectivity index (χ0n) is 7.39. The highest BCUT2D eigenvalue weighted by atomic mass is 32.1. The summed E-state index contributed by atoms with van der Waals surface area (Å²) in [5, 5.41) is 0. The highest BCUT2D eigenvalue weighted by Gasteiger charge is 2.11. The first-order valence-electron chi connectivity index (χ1n) is 3.66. The lowest BCUT2D eigenvalue weighted by Gasteiger charge is -2.18. The molecule has 0 bridgehead atoms. The highest BCUT2D eigenvalue weighted by Crippen LogP contribution is 2.20. The van der Waals surface area contributed by atoms with Crippen LogP contribution >= 0.6 is 13.5 Å². The Morgan fingerprint density at radius 2 is 1.36 bits per heavy atom. The molecule has 0 spiro atoms. The van der Waals surface area contributed by atoms with Gasteiger partial charge in [-0.15, -0.1) is 0 Å². The zero-order valence-corrected chi connectivity index (χ0v) is 8.39. The van der Waals surface area contributed by atoms with Crippen LogP contribution in [0.1, 0.15) is 26.3 Å². The molecule has 1 heteroatoms. The average molecular weight is 168 g/mol. The van der Waals surface area contributed by atoms with Crippen molar-refractivity contribution in [1.82, 2.24) is 0 Å². The fourth-order valence-corrected chi connectivity index (χ4v) is 0.938. The van der Waals surface area contributed by atoms with E-state index in [4.69, 9.17) is 0 Å². The van der Waals surface area contributed by atoms with Gasteiger partial charge in [-0.2, -0.15) is 13.5 Å². The Morgan fingerprint density at radius 1 is 0.909 bits per heavy atom. The summed E-state index contributed by atoms with van der Waals surface area (Å²) in [7, 11) is 0. The lowest BCUT2D eigenvalue weighted by Crippen LogP contribution is -2.10. The summed E-state index contributed by atoms with van der Waals surface area (Å²) >= 11 is 0. The molecule has 1 aromatic carbocycles. The SMILES string of the molecule is CC(C)(C)c1ccccc1.S. The average Bonchev–Trinajstić information content (AvgIpc) is 1.88. The molecular formula is C10H16S. The quantitative estimate of drug-likeness (QED) is 0.558. The molecule has 1 aromatic rings. The minimum Gasteiger partial charge on any atom is -0.197 e. The molecule has 0 aliphatic carbocycles. The van der Waals surface area contributed by atoms with Gasteiger partial charge in [0.25, 0.3) is 0 Å². The summed E-state index contributed by atoms with van der Waals surface area (Å²) in [6, 6.07) is 10.6. The maximum atomic E-state index is 2.22. The second-order valence-electron chi connectivity index (χ2n) is 3.62. The molecule has 0 heterocycles. The van der Waals surface area contributed by atoms with Crippen molar-refractivity contribution < 1.29 is 0 Å². The van der Waals surface area contributed by atoms with Crippen LogP contribution in [0.25, 0.3) is 0 Å². The molecule has 0 saturated heterocycles. The molecule has 1 rings (SSSR count). The maximum Gasteiger partial charge on any atom is -0.0132 e. The van der Waals surface area contributed by atoms with E-state index in [1.807, 2.05) is 0 Å².